The summed E-state index contributed by atoms with van der Waals surface area (Å²) >= 11 is 0. The highest BCUT2D eigenvalue weighted by atomic mass is 31.2. The van der Waals surface area contributed by atoms with E-state index in [4.69, 9.17) is 9.05 Å². The Labute approximate surface area is 93.1 Å². The van der Waals surface area contributed by atoms with Crippen molar-refractivity contribution in [2.45, 2.75) is 19.8 Å². The summed E-state index contributed by atoms with van der Waals surface area (Å²) in [6, 6.07) is 10.3. The summed E-state index contributed by atoms with van der Waals surface area (Å²) < 4.78 is 11.3. The van der Waals surface area contributed by atoms with Crippen LogP contribution in [-0.2, 0) is 9.05 Å². The largest absolute Gasteiger partial charge is 0.306 e. The van der Waals surface area contributed by atoms with Gasteiger partial charge in [-0.3, -0.25) is 0 Å². The van der Waals surface area contributed by atoms with Crippen LogP contribution in [0.2, 0.25) is 0 Å². The fraction of sp³-hybridized carbons (Fsp3) is 0.500. The van der Waals surface area contributed by atoms with Gasteiger partial charge in [-0.05, 0) is 18.6 Å². The average Bonchev–Trinajstić information content (AvgIpc) is 2.33. The van der Waals surface area contributed by atoms with Gasteiger partial charge >= 0.3 is 7.72 Å². The first kappa shape index (κ1) is 12.6. The predicted octanol–water partition coefficient (Wildman–Crippen LogP) is 3.25. The summed E-state index contributed by atoms with van der Waals surface area (Å²) in [5.41, 5.74) is 0. The number of benzene rings is 1. The van der Waals surface area contributed by atoms with Gasteiger partial charge in [0, 0.05) is 0 Å². The summed E-state index contributed by atoms with van der Waals surface area (Å²) in [7, 11) is 1.67. The van der Waals surface area contributed by atoms with Crippen LogP contribution in [0.15, 0.2) is 30.3 Å². The molecule has 3 heteroatoms. The standard InChI is InChI=1S/C12H20O2P/c1-4-5-11-15(13-2,14-3)12-9-7-6-8-10-12/h6-10H,4-5,11H2,1-3H3/q+1. The van der Waals surface area contributed by atoms with Gasteiger partial charge < -0.3 is 0 Å². The second-order valence-corrected chi connectivity index (χ2v) is 6.49. The summed E-state index contributed by atoms with van der Waals surface area (Å²) in [5.74, 6) is 0. The van der Waals surface area contributed by atoms with Crippen molar-refractivity contribution in [3.05, 3.63) is 30.3 Å². The summed E-state index contributed by atoms with van der Waals surface area (Å²) in [4.78, 5) is 0. The van der Waals surface area contributed by atoms with Gasteiger partial charge in [-0.15, -0.1) is 0 Å². The zero-order chi connectivity index (χ0) is 11.1. The predicted molar refractivity (Wildman–Crippen MR) is 66.8 cm³/mol. The van der Waals surface area contributed by atoms with Gasteiger partial charge in [-0.2, -0.15) is 0 Å². The molecule has 0 heterocycles. The molecule has 0 aliphatic heterocycles. The van der Waals surface area contributed by atoms with Crippen molar-refractivity contribution in [3.8, 4) is 0 Å². The molecule has 0 aliphatic rings. The van der Waals surface area contributed by atoms with E-state index in [1.165, 1.54) is 11.7 Å². The molecule has 0 saturated heterocycles. The third-order valence-electron chi connectivity index (χ3n) is 2.55. The van der Waals surface area contributed by atoms with Gasteiger partial charge in [0.05, 0.1) is 14.2 Å². The van der Waals surface area contributed by atoms with Crippen molar-refractivity contribution in [2.24, 2.45) is 0 Å². The molecule has 0 atom stereocenters. The maximum absolute atomic E-state index is 5.66. The van der Waals surface area contributed by atoms with E-state index < -0.39 is 7.72 Å². The molecule has 84 valence electrons. The molecule has 0 aliphatic carbocycles. The quantitative estimate of drug-likeness (QED) is 0.694. The summed E-state index contributed by atoms with van der Waals surface area (Å²) in [5, 5.41) is 1.20. The Hall–Kier alpha value is -0.430. The Morgan fingerprint density at radius 3 is 2.13 bits per heavy atom. The molecule has 15 heavy (non-hydrogen) atoms. The lowest BCUT2D eigenvalue weighted by atomic mass is 10.4. The fourth-order valence-electron chi connectivity index (χ4n) is 1.62. The van der Waals surface area contributed by atoms with E-state index in [1.807, 2.05) is 18.2 Å². The van der Waals surface area contributed by atoms with Crippen LogP contribution in [0.1, 0.15) is 19.8 Å². The maximum atomic E-state index is 5.66. The van der Waals surface area contributed by atoms with Crippen LogP contribution in [0.5, 0.6) is 0 Å². The van der Waals surface area contributed by atoms with Crippen LogP contribution in [0.3, 0.4) is 0 Å². The molecular formula is C12H20O2P+. The van der Waals surface area contributed by atoms with Crippen molar-refractivity contribution >= 4 is 13.0 Å². The van der Waals surface area contributed by atoms with Crippen molar-refractivity contribution in [1.29, 1.82) is 0 Å². The van der Waals surface area contributed by atoms with E-state index in [2.05, 4.69) is 19.1 Å². The van der Waals surface area contributed by atoms with Gasteiger partial charge in [-0.1, -0.05) is 31.5 Å². The highest BCUT2D eigenvalue weighted by Crippen LogP contribution is 2.58. The minimum Gasteiger partial charge on any atom is -0.204 e. The van der Waals surface area contributed by atoms with E-state index in [0.717, 1.165) is 12.6 Å². The smallest absolute Gasteiger partial charge is 0.204 e. The molecule has 1 aromatic rings. The van der Waals surface area contributed by atoms with Crippen molar-refractivity contribution in [3.63, 3.8) is 0 Å². The van der Waals surface area contributed by atoms with E-state index in [0.29, 0.717) is 0 Å². The molecule has 1 aromatic carbocycles. The number of unbranched alkanes of at least 4 members (excludes halogenated alkanes) is 1. The summed E-state index contributed by atoms with van der Waals surface area (Å²) in [6.07, 6.45) is 3.31. The zero-order valence-electron chi connectivity index (χ0n) is 9.77. The Morgan fingerprint density at radius 2 is 1.67 bits per heavy atom. The van der Waals surface area contributed by atoms with Gasteiger partial charge in [-0.25, -0.2) is 9.05 Å². The monoisotopic (exact) mass is 227 g/mol. The van der Waals surface area contributed by atoms with Crippen molar-refractivity contribution in [1.82, 2.24) is 0 Å². The van der Waals surface area contributed by atoms with E-state index in [-0.39, 0.29) is 0 Å². The van der Waals surface area contributed by atoms with E-state index in [9.17, 15) is 0 Å². The molecule has 0 fully saturated rings. The van der Waals surface area contributed by atoms with E-state index in [1.54, 1.807) is 14.2 Å². The average molecular weight is 227 g/mol. The Bertz CT molecular complexity index is 270. The SMILES string of the molecule is CCCC[P+](OC)(OC)c1ccccc1. The van der Waals surface area contributed by atoms with Crippen LogP contribution in [0, 0.1) is 0 Å². The fourth-order valence-corrected chi connectivity index (χ4v) is 4.17. The molecule has 0 unspecified atom stereocenters. The lowest BCUT2D eigenvalue weighted by Crippen LogP contribution is -2.17. The van der Waals surface area contributed by atoms with Crippen LogP contribution >= 0.6 is 7.72 Å². The minimum absolute atomic E-state index is 1.00. The third-order valence-corrected chi connectivity index (χ3v) is 5.72. The number of rotatable bonds is 6. The third kappa shape index (κ3) is 3.01. The first-order chi connectivity index (χ1) is 7.29. The molecule has 1 rings (SSSR count). The lowest BCUT2D eigenvalue weighted by molar-refractivity contribution is 0.325. The van der Waals surface area contributed by atoms with Gasteiger partial charge in [0.2, 0.25) is 0 Å². The van der Waals surface area contributed by atoms with E-state index >= 15 is 0 Å². The van der Waals surface area contributed by atoms with Gasteiger partial charge in [0.15, 0.2) is 5.30 Å². The van der Waals surface area contributed by atoms with Crippen LogP contribution in [-0.4, -0.2) is 20.4 Å². The molecule has 0 radical (unpaired) electrons. The highest BCUT2D eigenvalue weighted by Gasteiger charge is 2.41. The first-order valence-electron chi connectivity index (χ1n) is 5.34. The molecular weight excluding hydrogens is 207 g/mol. The molecule has 0 amide bonds. The molecule has 0 bridgehead atoms. The Kier molecular flexibility index (Phi) is 5.24. The summed E-state index contributed by atoms with van der Waals surface area (Å²) in [6.45, 7) is 2.19. The second kappa shape index (κ2) is 6.22. The normalized spacial score (nSPS) is 11.7. The number of hydrogen-bond donors (Lipinski definition) is 0. The molecule has 0 saturated carbocycles. The minimum atomic E-state index is -1.83. The second-order valence-electron chi connectivity index (χ2n) is 3.45. The van der Waals surface area contributed by atoms with Crippen LogP contribution < -0.4 is 5.30 Å². The molecule has 0 N–H and O–H groups in total. The van der Waals surface area contributed by atoms with Crippen molar-refractivity contribution < 1.29 is 9.05 Å². The molecule has 2 nitrogen and oxygen atoms in total. The molecule has 0 spiro atoms. The zero-order valence-corrected chi connectivity index (χ0v) is 10.7. The Balaban J connectivity index is 2.89. The van der Waals surface area contributed by atoms with Gasteiger partial charge in [0.25, 0.3) is 0 Å². The molecule has 0 aromatic heterocycles. The first-order valence-corrected chi connectivity index (χ1v) is 7.15. The lowest BCUT2D eigenvalue weighted by Gasteiger charge is -2.20. The number of hydrogen-bond acceptors (Lipinski definition) is 2. The maximum Gasteiger partial charge on any atom is 0.306 e. The van der Waals surface area contributed by atoms with Crippen LogP contribution in [0.4, 0.5) is 0 Å². The van der Waals surface area contributed by atoms with Gasteiger partial charge in [0.1, 0.15) is 6.16 Å². The van der Waals surface area contributed by atoms with Crippen molar-refractivity contribution in [2.75, 3.05) is 20.4 Å². The highest BCUT2D eigenvalue weighted by molar-refractivity contribution is 7.74. The topological polar surface area (TPSA) is 18.5 Å². The Morgan fingerprint density at radius 1 is 1.07 bits per heavy atom. The van der Waals surface area contributed by atoms with Crippen LogP contribution in [0.25, 0.3) is 0 Å².